The molecule has 3 heteroatoms. The molecular weight excluding hydrogens is 216 g/mol. The van der Waals surface area contributed by atoms with E-state index in [2.05, 4.69) is 31.4 Å². The zero-order chi connectivity index (χ0) is 8.72. The van der Waals surface area contributed by atoms with E-state index < -0.39 is 0 Å². The standard InChI is InChI=1S/C9H9BrN2/c1-6-9-5-8(10)3-4-12(9)7(2)11-6/h3-5H,1-2H3. The summed E-state index contributed by atoms with van der Waals surface area (Å²) in [6.07, 6.45) is 2.02. The van der Waals surface area contributed by atoms with Crippen molar-refractivity contribution in [1.82, 2.24) is 9.38 Å². The molecular formula is C9H9BrN2. The molecule has 2 nitrogen and oxygen atoms in total. The van der Waals surface area contributed by atoms with Gasteiger partial charge in [-0.05, 0) is 26.0 Å². The molecule has 2 rings (SSSR count). The molecule has 12 heavy (non-hydrogen) atoms. The van der Waals surface area contributed by atoms with Gasteiger partial charge in [0.15, 0.2) is 0 Å². The van der Waals surface area contributed by atoms with Gasteiger partial charge in [0.1, 0.15) is 5.82 Å². The molecule has 2 aromatic heterocycles. The summed E-state index contributed by atoms with van der Waals surface area (Å²) in [5.41, 5.74) is 2.25. The summed E-state index contributed by atoms with van der Waals surface area (Å²) in [5, 5.41) is 0. The Morgan fingerprint density at radius 3 is 2.92 bits per heavy atom. The van der Waals surface area contributed by atoms with Crippen LogP contribution in [0.15, 0.2) is 22.8 Å². The first-order valence-electron chi connectivity index (χ1n) is 3.79. The first-order chi connectivity index (χ1) is 5.68. The molecule has 0 fully saturated rings. The molecule has 62 valence electrons. The van der Waals surface area contributed by atoms with Crippen LogP contribution in [0.3, 0.4) is 0 Å². The van der Waals surface area contributed by atoms with Gasteiger partial charge in [0.2, 0.25) is 0 Å². The summed E-state index contributed by atoms with van der Waals surface area (Å²) in [6.45, 7) is 4.03. The summed E-state index contributed by atoms with van der Waals surface area (Å²) < 4.78 is 3.18. The van der Waals surface area contributed by atoms with Gasteiger partial charge in [0.05, 0.1) is 11.2 Å². The third-order valence-electron chi connectivity index (χ3n) is 1.97. The number of aromatic nitrogens is 2. The molecule has 0 aliphatic rings. The van der Waals surface area contributed by atoms with Gasteiger partial charge in [-0.1, -0.05) is 15.9 Å². The molecule has 2 aromatic rings. The number of pyridine rings is 1. The van der Waals surface area contributed by atoms with Crippen molar-refractivity contribution in [1.29, 1.82) is 0 Å². The van der Waals surface area contributed by atoms with Crippen LogP contribution >= 0.6 is 15.9 Å². The molecule has 0 unspecified atom stereocenters. The molecule has 2 heterocycles. The highest BCUT2D eigenvalue weighted by Gasteiger charge is 2.02. The minimum absolute atomic E-state index is 1.04. The van der Waals surface area contributed by atoms with Crippen molar-refractivity contribution in [3.8, 4) is 0 Å². The number of rotatable bonds is 0. The number of halogens is 1. The SMILES string of the molecule is Cc1nc(C)n2ccc(Br)cc12. The number of hydrogen-bond donors (Lipinski definition) is 0. The maximum atomic E-state index is 4.37. The Morgan fingerprint density at radius 1 is 1.42 bits per heavy atom. The van der Waals surface area contributed by atoms with E-state index >= 15 is 0 Å². The van der Waals surface area contributed by atoms with Gasteiger partial charge in [-0.15, -0.1) is 0 Å². The van der Waals surface area contributed by atoms with Crippen LogP contribution in [0.2, 0.25) is 0 Å². The van der Waals surface area contributed by atoms with E-state index in [0.29, 0.717) is 0 Å². The Balaban J connectivity index is 2.90. The topological polar surface area (TPSA) is 17.3 Å². The minimum atomic E-state index is 1.04. The van der Waals surface area contributed by atoms with Crippen LogP contribution in [-0.4, -0.2) is 9.38 Å². The third-order valence-corrected chi connectivity index (χ3v) is 2.46. The number of aryl methyl sites for hydroxylation is 2. The van der Waals surface area contributed by atoms with Crippen LogP contribution in [0.25, 0.3) is 5.52 Å². The molecule has 0 radical (unpaired) electrons. The molecule has 0 saturated carbocycles. The van der Waals surface area contributed by atoms with Crippen LogP contribution in [0.5, 0.6) is 0 Å². The van der Waals surface area contributed by atoms with Gasteiger partial charge < -0.3 is 4.40 Å². The van der Waals surface area contributed by atoms with Crippen molar-refractivity contribution in [2.75, 3.05) is 0 Å². The van der Waals surface area contributed by atoms with Gasteiger partial charge in [-0.2, -0.15) is 0 Å². The number of hydrogen-bond acceptors (Lipinski definition) is 1. The Hall–Kier alpha value is -0.830. The van der Waals surface area contributed by atoms with Crippen LogP contribution in [0.1, 0.15) is 11.5 Å². The van der Waals surface area contributed by atoms with Gasteiger partial charge in [-0.3, -0.25) is 0 Å². The minimum Gasteiger partial charge on any atom is -0.304 e. The summed E-state index contributed by atoms with van der Waals surface area (Å²) in [7, 11) is 0. The Labute approximate surface area is 79.4 Å². The normalized spacial score (nSPS) is 10.9. The molecule has 0 atom stereocenters. The highest BCUT2D eigenvalue weighted by atomic mass is 79.9. The highest BCUT2D eigenvalue weighted by molar-refractivity contribution is 9.10. The monoisotopic (exact) mass is 224 g/mol. The van der Waals surface area contributed by atoms with Crippen molar-refractivity contribution in [2.45, 2.75) is 13.8 Å². The van der Waals surface area contributed by atoms with Crippen molar-refractivity contribution < 1.29 is 0 Å². The molecule has 0 spiro atoms. The Kier molecular flexibility index (Phi) is 1.68. The van der Waals surface area contributed by atoms with Gasteiger partial charge >= 0.3 is 0 Å². The van der Waals surface area contributed by atoms with Crippen molar-refractivity contribution in [3.05, 3.63) is 34.3 Å². The Bertz CT molecular complexity index is 431. The molecule has 0 amide bonds. The lowest BCUT2D eigenvalue weighted by Gasteiger charge is -1.96. The first-order valence-corrected chi connectivity index (χ1v) is 4.58. The average Bonchev–Trinajstić information content (AvgIpc) is 2.28. The van der Waals surface area contributed by atoms with Gasteiger partial charge in [0, 0.05) is 10.7 Å². The molecule has 0 aromatic carbocycles. The predicted molar refractivity (Wildman–Crippen MR) is 52.4 cm³/mol. The summed E-state index contributed by atoms with van der Waals surface area (Å²) in [5.74, 6) is 1.04. The van der Waals surface area contributed by atoms with E-state index in [-0.39, 0.29) is 0 Å². The predicted octanol–water partition coefficient (Wildman–Crippen LogP) is 2.71. The lowest BCUT2D eigenvalue weighted by Crippen LogP contribution is -1.85. The van der Waals surface area contributed by atoms with Crippen molar-refractivity contribution in [3.63, 3.8) is 0 Å². The second kappa shape index (κ2) is 2.59. The lowest BCUT2D eigenvalue weighted by molar-refractivity contribution is 1.04. The fourth-order valence-corrected chi connectivity index (χ4v) is 1.72. The largest absolute Gasteiger partial charge is 0.304 e. The average molecular weight is 225 g/mol. The van der Waals surface area contributed by atoms with Gasteiger partial charge in [0.25, 0.3) is 0 Å². The van der Waals surface area contributed by atoms with E-state index in [9.17, 15) is 0 Å². The molecule has 0 N–H and O–H groups in total. The van der Waals surface area contributed by atoms with Crippen LogP contribution in [0, 0.1) is 13.8 Å². The fourth-order valence-electron chi connectivity index (χ4n) is 1.39. The lowest BCUT2D eigenvalue weighted by atomic mass is 10.3. The zero-order valence-corrected chi connectivity index (χ0v) is 8.59. The second-order valence-electron chi connectivity index (χ2n) is 2.84. The Morgan fingerprint density at radius 2 is 2.17 bits per heavy atom. The van der Waals surface area contributed by atoms with Crippen LogP contribution in [-0.2, 0) is 0 Å². The first kappa shape index (κ1) is 7.80. The van der Waals surface area contributed by atoms with Crippen molar-refractivity contribution >= 4 is 21.4 Å². The molecule has 0 bridgehead atoms. The van der Waals surface area contributed by atoms with E-state index in [1.165, 1.54) is 5.52 Å². The maximum absolute atomic E-state index is 4.37. The fraction of sp³-hybridized carbons (Fsp3) is 0.222. The number of imidazole rings is 1. The molecule has 0 aliphatic heterocycles. The molecule has 0 saturated heterocycles. The van der Waals surface area contributed by atoms with Crippen LogP contribution in [0.4, 0.5) is 0 Å². The third kappa shape index (κ3) is 1.05. The van der Waals surface area contributed by atoms with Crippen molar-refractivity contribution in [2.24, 2.45) is 0 Å². The van der Waals surface area contributed by atoms with Gasteiger partial charge in [-0.25, -0.2) is 4.98 Å². The smallest absolute Gasteiger partial charge is 0.110 e. The summed E-state index contributed by atoms with van der Waals surface area (Å²) in [4.78, 5) is 4.37. The quantitative estimate of drug-likeness (QED) is 0.673. The van der Waals surface area contributed by atoms with E-state index in [1.54, 1.807) is 0 Å². The number of fused-ring (bicyclic) bond motifs is 1. The number of nitrogens with zero attached hydrogens (tertiary/aromatic N) is 2. The van der Waals surface area contributed by atoms with E-state index in [1.807, 2.05) is 26.1 Å². The van der Waals surface area contributed by atoms with Crippen LogP contribution < -0.4 is 0 Å². The van der Waals surface area contributed by atoms with E-state index in [0.717, 1.165) is 16.0 Å². The summed E-state index contributed by atoms with van der Waals surface area (Å²) in [6, 6.07) is 4.09. The second-order valence-corrected chi connectivity index (χ2v) is 3.76. The molecule has 0 aliphatic carbocycles. The maximum Gasteiger partial charge on any atom is 0.110 e. The van der Waals surface area contributed by atoms with E-state index in [4.69, 9.17) is 0 Å². The zero-order valence-electron chi connectivity index (χ0n) is 7.00. The highest BCUT2D eigenvalue weighted by Crippen LogP contribution is 2.17. The summed E-state index contributed by atoms with van der Waals surface area (Å²) >= 11 is 3.43.